The molecule has 4 aromatic carbocycles. The predicted molar refractivity (Wildman–Crippen MR) is 129 cm³/mol. The molecule has 0 aliphatic heterocycles. The van der Waals surface area contributed by atoms with E-state index in [1.165, 1.54) is 38.2 Å². The molecule has 0 N–H and O–H groups in total. The monoisotopic (exact) mass is 394 g/mol. The van der Waals surface area contributed by atoms with E-state index in [2.05, 4.69) is 130 Å². The first-order valence-electron chi connectivity index (χ1n) is 10.1. The van der Waals surface area contributed by atoms with Crippen LogP contribution in [0.2, 0.25) is 0 Å². The third kappa shape index (κ3) is 3.61. The summed E-state index contributed by atoms with van der Waals surface area (Å²) >= 11 is 0. The molecule has 0 bridgehead atoms. The molecule has 0 unspecified atom stereocenters. The molecular formula is C28H27P. The second kappa shape index (κ2) is 8.27. The number of aryl methyl sites for hydroxylation is 1. The van der Waals surface area contributed by atoms with Gasteiger partial charge < -0.3 is 0 Å². The van der Waals surface area contributed by atoms with Crippen molar-refractivity contribution in [2.45, 2.75) is 20.8 Å². The van der Waals surface area contributed by atoms with E-state index in [0.29, 0.717) is 0 Å². The van der Waals surface area contributed by atoms with Crippen LogP contribution in [0.25, 0.3) is 0 Å². The molecule has 0 radical (unpaired) electrons. The molecule has 0 aliphatic carbocycles. The minimum Gasteiger partial charge on any atom is -0.159 e. The molecule has 29 heavy (non-hydrogen) atoms. The standard InChI is InChI=1S/C28H27P/c1-22-19-20-25(24(3)23(22)2)21-29(26-13-7-4-8-14-26,27-15-9-5-10-16-27)28-17-11-6-12-18-28/h4-21H,1-3H3. The van der Waals surface area contributed by atoms with E-state index in [4.69, 9.17) is 0 Å². The van der Waals surface area contributed by atoms with Gasteiger partial charge in [-0.25, -0.2) is 0 Å². The van der Waals surface area contributed by atoms with Crippen LogP contribution in [-0.4, -0.2) is 0 Å². The van der Waals surface area contributed by atoms with E-state index in [9.17, 15) is 0 Å². The molecule has 0 saturated carbocycles. The van der Waals surface area contributed by atoms with Crippen molar-refractivity contribution in [3.05, 3.63) is 132 Å². The first-order chi connectivity index (χ1) is 14.1. The molecule has 0 aromatic heterocycles. The van der Waals surface area contributed by atoms with Crippen LogP contribution in [0.5, 0.6) is 0 Å². The maximum absolute atomic E-state index is 2.56. The molecule has 4 rings (SSSR count). The Morgan fingerprint density at radius 3 is 1.31 bits per heavy atom. The molecule has 0 amide bonds. The summed E-state index contributed by atoms with van der Waals surface area (Å²) in [4.78, 5) is 0. The third-order valence-corrected chi connectivity index (χ3v) is 9.93. The van der Waals surface area contributed by atoms with Gasteiger partial charge in [-0.15, -0.1) is 22.8 Å². The van der Waals surface area contributed by atoms with Gasteiger partial charge in [-0.1, -0.05) is 74.0 Å². The fraction of sp³-hybridized carbons (Fsp3) is 0.107. The molecule has 0 nitrogen and oxygen atoms in total. The zero-order valence-electron chi connectivity index (χ0n) is 17.3. The van der Waals surface area contributed by atoms with Gasteiger partial charge in [-0.2, -0.15) is 6.07 Å². The van der Waals surface area contributed by atoms with Crippen LogP contribution in [-0.2, 0) is 0 Å². The van der Waals surface area contributed by atoms with Crippen molar-refractivity contribution >= 4 is 23.2 Å². The molecule has 0 saturated heterocycles. The first kappa shape index (κ1) is 19.5. The molecular weight excluding hydrogens is 367 g/mol. The van der Waals surface area contributed by atoms with Crippen molar-refractivity contribution in [1.29, 1.82) is 0 Å². The second-order valence-electron chi connectivity index (χ2n) is 7.58. The lowest BCUT2D eigenvalue weighted by Gasteiger charge is -2.33. The van der Waals surface area contributed by atoms with Crippen molar-refractivity contribution in [1.82, 2.24) is 0 Å². The van der Waals surface area contributed by atoms with Crippen molar-refractivity contribution in [3.8, 4) is 0 Å². The van der Waals surface area contributed by atoms with Gasteiger partial charge >= 0.3 is 0 Å². The Balaban J connectivity index is 2.02. The highest BCUT2D eigenvalue weighted by molar-refractivity contribution is 7.97. The van der Waals surface area contributed by atoms with E-state index in [1.54, 1.807) is 0 Å². The van der Waals surface area contributed by atoms with Gasteiger partial charge in [-0.3, -0.25) is 0 Å². The van der Waals surface area contributed by atoms with Gasteiger partial charge in [0, 0.05) is 0 Å². The molecule has 0 heterocycles. The van der Waals surface area contributed by atoms with Crippen LogP contribution in [0.15, 0.2) is 103 Å². The molecule has 144 valence electrons. The van der Waals surface area contributed by atoms with Crippen molar-refractivity contribution in [2.75, 3.05) is 0 Å². The minimum absolute atomic E-state index is 1.33. The van der Waals surface area contributed by atoms with Crippen LogP contribution >= 0.6 is 7.26 Å². The quantitative estimate of drug-likeness (QED) is 0.283. The molecule has 0 atom stereocenters. The highest BCUT2D eigenvalue weighted by atomic mass is 31.2. The van der Waals surface area contributed by atoms with Gasteiger partial charge in [0.25, 0.3) is 0 Å². The second-order valence-corrected chi connectivity index (χ2v) is 10.8. The Morgan fingerprint density at radius 2 is 0.897 bits per heavy atom. The lowest BCUT2D eigenvalue weighted by atomic mass is 10.00. The van der Waals surface area contributed by atoms with Crippen molar-refractivity contribution < 1.29 is 0 Å². The molecule has 0 aliphatic rings. The summed E-state index contributed by atoms with van der Waals surface area (Å²) in [5.41, 5.74) is 5.43. The number of hydrogen-bond acceptors (Lipinski definition) is 0. The predicted octanol–water partition coefficient (Wildman–Crippen LogP) is 6.12. The summed E-state index contributed by atoms with van der Waals surface area (Å²) in [7, 11) is -1.96. The normalized spacial score (nSPS) is 11.3. The van der Waals surface area contributed by atoms with Gasteiger partial charge in [0.05, 0.1) is 23.2 Å². The Hall–Kier alpha value is -2.82. The highest BCUT2D eigenvalue weighted by Gasteiger charge is 2.42. The van der Waals surface area contributed by atoms with Crippen LogP contribution in [0.1, 0.15) is 22.3 Å². The number of benzene rings is 4. The third-order valence-electron chi connectivity index (χ3n) is 5.92. The Labute approximate surface area is 175 Å². The average Bonchev–Trinajstić information content (AvgIpc) is 2.79. The summed E-state index contributed by atoms with van der Waals surface area (Å²) in [5.74, 6) is 0. The summed E-state index contributed by atoms with van der Waals surface area (Å²) in [6, 6.07) is 37.6. The van der Waals surface area contributed by atoms with E-state index >= 15 is 0 Å². The Morgan fingerprint density at radius 1 is 0.483 bits per heavy atom. The van der Waals surface area contributed by atoms with Gasteiger partial charge in [0.15, 0.2) is 0 Å². The van der Waals surface area contributed by atoms with Crippen molar-refractivity contribution in [3.63, 3.8) is 0 Å². The van der Waals surface area contributed by atoms with Crippen LogP contribution in [0, 0.1) is 26.9 Å². The van der Waals surface area contributed by atoms with Crippen molar-refractivity contribution in [2.24, 2.45) is 0 Å². The molecule has 0 fully saturated rings. The summed E-state index contributed by atoms with van der Waals surface area (Å²) in [5, 5.41) is 4.15. The molecule has 0 spiro atoms. The number of rotatable bonds is 5. The van der Waals surface area contributed by atoms with Crippen LogP contribution in [0.4, 0.5) is 0 Å². The fourth-order valence-corrected chi connectivity index (χ4v) is 7.95. The zero-order chi connectivity index (χ0) is 20.3. The maximum atomic E-state index is 2.56. The lowest BCUT2D eigenvalue weighted by Crippen LogP contribution is -2.31. The van der Waals surface area contributed by atoms with E-state index in [-0.39, 0.29) is 0 Å². The number of hydrogen-bond donors (Lipinski definition) is 0. The van der Waals surface area contributed by atoms with Gasteiger partial charge in [0.2, 0.25) is 0 Å². The maximum Gasteiger partial charge on any atom is 0.0979 e. The van der Waals surface area contributed by atoms with Gasteiger partial charge in [-0.05, 0) is 49.5 Å². The molecule has 4 aromatic rings. The van der Waals surface area contributed by atoms with Crippen LogP contribution < -0.4 is 15.9 Å². The summed E-state index contributed by atoms with van der Waals surface area (Å²) in [6.45, 7) is 6.68. The zero-order valence-corrected chi connectivity index (χ0v) is 18.2. The van der Waals surface area contributed by atoms with E-state index in [0.717, 1.165) is 0 Å². The van der Waals surface area contributed by atoms with Crippen LogP contribution in [0.3, 0.4) is 0 Å². The smallest absolute Gasteiger partial charge is 0.0979 e. The summed E-state index contributed by atoms with van der Waals surface area (Å²) in [6.07, 6.45) is 2.56. The van der Waals surface area contributed by atoms with E-state index < -0.39 is 7.26 Å². The molecule has 1 heteroatoms. The largest absolute Gasteiger partial charge is 0.159 e. The van der Waals surface area contributed by atoms with E-state index in [1.807, 2.05) is 0 Å². The lowest BCUT2D eigenvalue weighted by molar-refractivity contribution is 1.24. The Bertz CT molecular complexity index is 987. The Kier molecular flexibility index (Phi) is 5.56. The topological polar surface area (TPSA) is 0 Å². The summed E-state index contributed by atoms with van der Waals surface area (Å²) < 4.78 is 0. The first-order valence-corrected chi connectivity index (χ1v) is 12.0. The SMILES string of the molecule is Cc1ccc([CH-][P+](c2ccccc2)(c2ccccc2)c2ccccc2)c(C)c1C. The average molecular weight is 394 g/mol. The highest BCUT2D eigenvalue weighted by Crippen LogP contribution is 2.60. The van der Waals surface area contributed by atoms with Gasteiger partial charge in [0.1, 0.15) is 0 Å². The minimum atomic E-state index is -1.96. The fourth-order valence-electron chi connectivity index (χ4n) is 3.99.